The Balaban J connectivity index is 2.92. The van der Waals surface area contributed by atoms with E-state index >= 15 is 0 Å². The number of rotatable bonds is 1. The molecule has 0 amide bonds. The molecule has 0 aliphatic rings. The Morgan fingerprint density at radius 3 is 2.44 bits per heavy atom. The highest BCUT2D eigenvalue weighted by molar-refractivity contribution is 7.89. The highest BCUT2D eigenvalue weighted by Crippen LogP contribution is 2.10. The number of nitrogens with zero attached hydrogens (tertiary/aromatic N) is 2. The fraction of sp³-hybridized carbons (Fsp3) is 0.500. The molecule has 0 unspecified atom stereocenters. The molecule has 0 saturated heterocycles. The van der Waals surface area contributed by atoms with Gasteiger partial charge < -0.3 is 4.74 Å². The average molecular weight is 247 g/mol. The molecule has 16 heavy (non-hydrogen) atoms. The molecule has 0 saturated carbocycles. The molecule has 0 bridgehead atoms. The topological polar surface area (TPSA) is 104 Å². The lowest BCUT2D eigenvalue weighted by atomic mass is 10.2. The first-order valence-electron chi connectivity index (χ1n) is 4.40. The number of aromatic nitrogens is 2. The first-order valence-corrected chi connectivity index (χ1v) is 5.94. The number of nitrogens with two attached hydrogens (primary N) is 1. The van der Waals surface area contributed by atoms with E-state index in [1.807, 2.05) is 0 Å². The fourth-order valence-electron chi connectivity index (χ4n) is 0.866. The van der Waals surface area contributed by atoms with E-state index in [2.05, 4.69) is 4.98 Å². The lowest BCUT2D eigenvalue weighted by Gasteiger charge is -2.18. The number of ether oxygens (including phenoxy) is 1. The molecular formula is C8H13N3O4S. The van der Waals surface area contributed by atoms with Crippen molar-refractivity contribution in [2.75, 3.05) is 0 Å². The summed E-state index contributed by atoms with van der Waals surface area (Å²) in [5, 5.41) is 4.47. The summed E-state index contributed by atoms with van der Waals surface area (Å²) in [5.74, 6) is 0. The Labute approximate surface area is 93.3 Å². The Hall–Kier alpha value is -1.41. The average Bonchev–Trinajstić information content (AvgIpc) is 2.46. The van der Waals surface area contributed by atoms with Crippen molar-refractivity contribution in [3.8, 4) is 0 Å². The van der Waals surface area contributed by atoms with Gasteiger partial charge in [0.2, 0.25) is 0 Å². The third kappa shape index (κ3) is 3.31. The lowest BCUT2D eigenvalue weighted by Crippen LogP contribution is -2.26. The second-order valence-electron chi connectivity index (χ2n) is 4.14. The third-order valence-corrected chi connectivity index (χ3v) is 2.25. The fourth-order valence-corrected chi connectivity index (χ4v) is 1.32. The van der Waals surface area contributed by atoms with E-state index in [1.165, 1.54) is 0 Å². The van der Waals surface area contributed by atoms with E-state index in [0.717, 1.165) is 17.1 Å². The van der Waals surface area contributed by atoms with Gasteiger partial charge >= 0.3 is 6.09 Å². The predicted molar refractivity (Wildman–Crippen MR) is 55.2 cm³/mol. The van der Waals surface area contributed by atoms with Gasteiger partial charge in [-0.25, -0.2) is 27.9 Å². The smallest absolute Gasteiger partial charge is 0.419 e. The Kier molecular flexibility index (Phi) is 3.06. The first kappa shape index (κ1) is 12.7. The molecule has 0 aliphatic carbocycles. The number of sulfonamides is 1. The van der Waals surface area contributed by atoms with Crippen LogP contribution in [0.4, 0.5) is 4.79 Å². The molecule has 8 heteroatoms. The minimum atomic E-state index is -3.90. The zero-order valence-corrected chi connectivity index (χ0v) is 9.98. The van der Waals surface area contributed by atoms with Crippen molar-refractivity contribution in [1.82, 2.24) is 9.55 Å². The molecule has 0 aliphatic heterocycles. The second kappa shape index (κ2) is 3.87. The SMILES string of the molecule is CC(C)(C)OC(=O)n1cnc(S(N)(=O)=O)c1. The van der Waals surface area contributed by atoms with Crippen LogP contribution in [0.2, 0.25) is 0 Å². The highest BCUT2D eigenvalue weighted by atomic mass is 32.2. The lowest BCUT2D eigenvalue weighted by molar-refractivity contribution is 0.0536. The van der Waals surface area contributed by atoms with Crippen LogP contribution in [0, 0.1) is 0 Å². The molecule has 0 aromatic carbocycles. The molecule has 1 aromatic rings. The van der Waals surface area contributed by atoms with E-state index in [9.17, 15) is 13.2 Å². The van der Waals surface area contributed by atoms with Crippen molar-refractivity contribution in [3.63, 3.8) is 0 Å². The van der Waals surface area contributed by atoms with Gasteiger partial charge in [-0.1, -0.05) is 0 Å². The molecule has 1 rings (SSSR count). The maximum atomic E-state index is 11.5. The van der Waals surface area contributed by atoms with Crippen molar-refractivity contribution in [2.45, 2.75) is 31.4 Å². The second-order valence-corrected chi connectivity index (χ2v) is 5.65. The number of hydrogen-bond donors (Lipinski definition) is 1. The molecular weight excluding hydrogens is 234 g/mol. The van der Waals surface area contributed by atoms with Gasteiger partial charge in [0, 0.05) is 0 Å². The van der Waals surface area contributed by atoms with Gasteiger partial charge in [-0.2, -0.15) is 0 Å². The molecule has 0 spiro atoms. The van der Waals surface area contributed by atoms with Crippen LogP contribution in [0.1, 0.15) is 20.8 Å². The monoisotopic (exact) mass is 247 g/mol. The van der Waals surface area contributed by atoms with Crippen LogP contribution >= 0.6 is 0 Å². The Morgan fingerprint density at radius 1 is 1.50 bits per heavy atom. The van der Waals surface area contributed by atoms with Crippen LogP contribution in [0.5, 0.6) is 0 Å². The van der Waals surface area contributed by atoms with Crippen molar-refractivity contribution in [2.24, 2.45) is 5.14 Å². The summed E-state index contributed by atoms with van der Waals surface area (Å²) in [6.45, 7) is 5.09. The van der Waals surface area contributed by atoms with Gasteiger partial charge in [-0.3, -0.25) is 0 Å². The van der Waals surface area contributed by atoms with Crippen LogP contribution in [0.25, 0.3) is 0 Å². The highest BCUT2D eigenvalue weighted by Gasteiger charge is 2.20. The maximum absolute atomic E-state index is 11.5. The first-order chi connectivity index (χ1) is 7.09. The summed E-state index contributed by atoms with van der Waals surface area (Å²) >= 11 is 0. The largest absolute Gasteiger partial charge is 0.443 e. The molecule has 0 atom stereocenters. The summed E-state index contributed by atoms with van der Waals surface area (Å²) in [5.41, 5.74) is -0.664. The van der Waals surface area contributed by atoms with Gasteiger partial charge in [0.15, 0.2) is 5.03 Å². The Morgan fingerprint density at radius 2 is 2.06 bits per heavy atom. The zero-order chi connectivity index (χ0) is 12.6. The molecule has 1 heterocycles. The zero-order valence-electron chi connectivity index (χ0n) is 9.17. The van der Waals surface area contributed by atoms with Crippen molar-refractivity contribution in [1.29, 1.82) is 0 Å². The maximum Gasteiger partial charge on any atom is 0.419 e. The van der Waals surface area contributed by atoms with Gasteiger partial charge in [0.1, 0.15) is 11.9 Å². The van der Waals surface area contributed by atoms with Gasteiger partial charge in [0.05, 0.1) is 6.20 Å². The Bertz CT molecular complexity index is 498. The van der Waals surface area contributed by atoms with Gasteiger partial charge in [-0.05, 0) is 20.8 Å². The predicted octanol–water partition coefficient (Wildman–Crippen LogP) is 0.314. The minimum Gasteiger partial charge on any atom is -0.443 e. The summed E-state index contributed by atoms with van der Waals surface area (Å²) in [6, 6.07) is 0. The molecule has 0 fully saturated rings. The molecule has 2 N–H and O–H groups in total. The molecule has 0 radical (unpaired) electrons. The number of primary sulfonamides is 1. The van der Waals surface area contributed by atoms with Crippen LogP contribution < -0.4 is 5.14 Å². The molecule has 90 valence electrons. The van der Waals surface area contributed by atoms with Crippen molar-refractivity contribution < 1.29 is 17.9 Å². The standard InChI is InChI=1S/C8H13N3O4S/c1-8(2,3)15-7(12)11-4-6(10-5-11)16(9,13)14/h4-5H,1-3H3,(H2,9,13,14). The summed E-state index contributed by atoms with van der Waals surface area (Å²) < 4.78 is 27.7. The van der Waals surface area contributed by atoms with Crippen LogP contribution in [-0.2, 0) is 14.8 Å². The minimum absolute atomic E-state index is 0.377. The summed E-state index contributed by atoms with van der Waals surface area (Å²) in [6.07, 6.45) is 1.33. The number of carbonyl (C=O) groups excluding carboxylic acids is 1. The van der Waals surface area contributed by atoms with Gasteiger partial charge in [0.25, 0.3) is 10.0 Å². The van der Waals surface area contributed by atoms with E-state index in [-0.39, 0.29) is 5.03 Å². The molecule has 1 aromatic heterocycles. The van der Waals surface area contributed by atoms with Gasteiger partial charge in [-0.15, -0.1) is 0 Å². The van der Waals surface area contributed by atoms with Crippen LogP contribution in [0.15, 0.2) is 17.6 Å². The third-order valence-electron chi connectivity index (χ3n) is 1.45. The van der Waals surface area contributed by atoms with Crippen LogP contribution in [-0.4, -0.2) is 29.7 Å². The summed E-state index contributed by atoms with van der Waals surface area (Å²) in [7, 11) is -3.90. The molecule has 7 nitrogen and oxygen atoms in total. The van der Waals surface area contributed by atoms with Crippen molar-refractivity contribution >= 4 is 16.1 Å². The van der Waals surface area contributed by atoms with E-state index in [1.54, 1.807) is 20.8 Å². The normalized spacial score (nSPS) is 12.5. The number of imidazole rings is 1. The van der Waals surface area contributed by atoms with Crippen LogP contribution in [0.3, 0.4) is 0 Å². The van der Waals surface area contributed by atoms with Crippen molar-refractivity contribution in [3.05, 3.63) is 12.5 Å². The van der Waals surface area contributed by atoms with E-state index in [0.29, 0.717) is 0 Å². The quantitative estimate of drug-likeness (QED) is 0.769. The number of carbonyl (C=O) groups is 1. The van der Waals surface area contributed by atoms with E-state index < -0.39 is 21.7 Å². The summed E-state index contributed by atoms with van der Waals surface area (Å²) in [4.78, 5) is 15.0. The number of hydrogen-bond acceptors (Lipinski definition) is 5. The van der Waals surface area contributed by atoms with E-state index in [4.69, 9.17) is 9.88 Å².